The Morgan fingerprint density at radius 2 is 2.10 bits per heavy atom. The Morgan fingerprint density at radius 3 is 2.55 bits per heavy atom. The minimum Gasteiger partial charge on any atom is -0.394 e. The predicted octanol–water partition coefficient (Wildman–Crippen LogP) is 0.896. The molecule has 0 aliphatic rings. The van der Waals surface area contributed by atoms with Crippen molar-refractivity contribution in [2.75, 3.05) is 13.7 Å². The number of benzene rings is 1. The molecule has 0 atom stereocenters. The number of primary amides is 1. The van der Waals surface area contributed by atoms with E-state index in [9.17, 15) is 20.0 Å². The number of aliphatic hydroxyl groups is 1. The number of aliphatic hydroxyl groups excluding tert-OH is 1. The summed E-state index contributed by atoms with van der Waals surface area (Å²) in [6, 6.07) is 4.16. The Kier molecular flexibility index (Phi) is 4.80. The normalized spacial score (nSPS) is 11.7. The van der Waals surface area contributed by atoms with Crippen molar-refractivity contribution in [3.05, 3.63) is 39.4 Å². The van der Waals surface area contributed by atoms with Crippen LogP contribution in [-0.2, 0) is 6.54 Å². The molecule has 110 valence electrons. The minimum absolute atomic E-state index is 0.0728. The first-order chi connectivity index (χ1) is 9.19. The van der Waals surface area contributed by atoms with Crippen LogP contribution in [0.15, 0.2) is 18.2 Å². The summed E-state index contributed by atoms with van der Waals surface area (Å²) in [7, 11) is 1.77. The SMILES string of the molecule is CN(Cc1ccc(C(N)=O)cc1[N+](=O)[O-])C(C)(C)CO. The molecule has 0 unspecified atom stereocenters. The maximum absolute atomic E-state index is 11.1. The van der Waals surface area contributed by atoms with E-state index in [4.69, 9.17) is 5.73 Å². The lowest BCUT2D eigenvalue weighted by Gasteiger charge is -2.33. The number of nitrogens with zero attached hydrogens (tertiary/aromatic N) is 2. The first-order valence-electron chi connectivity index (χ1n) is 6.08. The van der Waals surface area contributed by atoms with Gasteiger partial charge in [0, 0.05) is 29.3 Å². The third-order valence-corrected chi connectivity index (χ3v) is 3.39. The van der Waals surface area contributed by atoms with Crippen molar-refractivity contribution >= 4 is 11.6 Å². The van der Waals surface area contributed by atoms with Gasteiger partial charge in [0.2, 0.25) is 5.91 Å². The average Bonchev–Trinajstić information content (AvgIpc) is 2.38. The van der Waals surface area contributed by atoms with E-state index in [2.05, 4.69) is 0 Å². The third-order valence-electron chi connectivity index (χ3n) is 3.39. The molecule has 0 aliphatic heterocycles. The first-order valence-corrected chi connectivity index (χ1v) is 6.08. The summed E-state index contributed by atoms with van der Waals surface area (Å²) < 4.78 is 0. The van der Waals surface area contributed by atoms with Crippen LogP contribution < -0.4 is 5.73 Å². The quantitative estimate of drug-likeness (QED) is 0.594. The molecule has 0 radical (unpaired) electrons. The van der Waals surface area contributed by atoms with Crippen LogP contribution in [0.3, 0.4) is 0 Å². The number of nitro groups is 1. The molecule has 0 aliphatic carbocycles. The molecular weight excluding hydrogens is 262 g/mol. The summed E-state index contributed by atoms with van der Waals surface area (Å²) in [5.41, 5.74) is 5.03. The van der Waals surface area contributed by atoms with E-state index in [1.165, 1.54) is 18.2 Å². The fourth-order valence-corrected chi connectivity index (χ4v) is 1.61. The van der Waals surface area contributed by atoms with Crippen LogP contribution in [0.5, 0.6) is 0 Å². The van der Waals surface area contributed by atoms with Crippen LogP contribution in [0, 0.1) is 10.1 Å². The molecule has 1 aromatic rings. The van der Waals surface area contributed by atoms with Gasteiger partial charge in [-0.05, 0) is 27.0 Å². The van der Waals surface area contributed by atoms with Gasteiger partial charge in [0.05, 0.1) is 11.5 Å². The molecule has 1 rings (SSSR count). The smallest absolute Gasteiger partial charge is 0.274 e. The highest BCUT2D eigenvalue weighted by atomic mass is 16.6. The molecule has 0 saturated carbocycles. The van der Waals surface area contributed by atoms with Crippen molar-refractivity contribution in [1.29, 1.82) is 0 Å². The van der Waals surface area contributed by atoms with Crippen LogP contribution in [0.2, 0.25) is 0 Å². The zero-order valence-corrected chi connectivity index (χ0v) is 11.8. The summed E-state index contributed by atoms with van der Waals surface area (Å²) >= 11 is 0. The van der Waals surface area contributed by atoms with Gasteiger partial charge in [0.25, 0.3) is 5.69 Å². The van der Waals surface area contributed by atoms with E-state index >= 15 is 0 Å². The summed E-state index contributed by atoms with van der Waals surface area (Å²) in [4.78, 5) is 23.4. The highest BCUT2D eigenvalue weighted by Gasteiger charge is 2.25. The number of nitro benzene ring substituents is 1. The average molecular weight is 281 g/mol. The number of carbonyl (C=O) groups excluding carboxylic acids is 1. The van der Waals surface area contributed by atoms with Gasteiger partial charge in [-0.2, -0.15) is 0 Å². The van der Waals surface area contributed by atoms with E-state index in [-0.39, 0.29) is 24.4 Å². The van der Waals surface area contributed by atoms with Crippen LogP contribution in [0.1, 0.15) is 29.8 Å². The Labute approximate surface area is 117 Å². The molecule has 3 N–H and O–H groups in total. The second kappa shape index (κ2) is 5.98. The highest BCUT2D eigenvalue weighted by Crippen LogP contribution is 2.24. The maximum Gasteiger partial charge on any atom is 0.274 e. The van der Waals surface area contributed by atoms with Crippen LogP contribution in [-0.4, -0.2) is 40.0 Å². The Bertz CT molecular complexity index is 528. The van der Waals surface area contributed by atoms with Crippen molar-refractivity contribution < 1.29 is 14.8 Å². The van der Waals surface area contributed by atoms with Gasteiger partial charge in [-0.25, -0.2) is 0 Å². The van der Waals surface area contributed by atoms with Gasteiger partial charge in [0.15, 0.2) is 0 Å². The third kappa shape index (κ3) is 3.52. The molecular formula is C13H19N3O4. The maximum atomic E-state index is 11.1. The molecule has 0 aromatic heterocycles. The van der Waals surface area contributed by atoms with E-state index in [1.807, 2.05) is 13.8 Å². The van der Waals surface area contributed by atoms with Gasteiger partial charge in [-0.3, -0.25) is 19.8 Å². The number of carbonyl (C=O) groups is 1. The van der Waals surface area contributed by atoms with Gasteiger partial charge < -0.3 is 10.8 Å². The molecule has 0 spiro atoms. The summed E-state index contributed by atoms with van der Waals surface area (Å²) in [6.45, 7) is 3.87. The van der Waals surface area contributed by atoms with Gasteiger partial charge in [-0.1, -0.05) is 6.07 Å². The predicted molar refractivity (Wildman–Crippen MR) is 74.2 cm³/mol. The van der Waals surface area contributed by atoms with E-state index in [0.717, 1.165) is 0 Å². The van der Waals surface area contributed by atoms with Crippen molar-refractivity contribution in [2.45, 2.75) is 25.9 Å². The monoisotopic (exact) mass is 281 g/mol. The van der Waals surface area contributed by atoms with Crippen molar-refractivity contribution in [1.82, 2.24) is 4.90 Å². The lowest BCUT2D eigenvalue weighted by Crippen LogP contribution is -2.43. The highest BCUT2D eigenvalue weighted by molar-refractivity contribution is 5.93. The zero-order valence-electron chi connectivity index (χ0n) is 11.8. The molecule has 7 heteroatoms. The lowest BCUT2D eigenvalue weighted by atomic mass is 10.0. The Balaban J connectivity index is 3.13. The van der Waals surface area contributed by atoms with E-state index in [0.29, 0.717) is 5.56 Å². The summed E-state index contributed by atoms with van der Waals surface area (Å²) in [5, 5.41) is 20.4. The lowest BCUT2D eigenvalue weighted by molar-refractivity contribution is -0.385. The zero-order chi connectivity index (χ0) is 15.5. The summed E-state index contributed by atoms with van der Waals surface area (Å²) in [5.74, 6) is -0.705. The number of hydrogen-bond donors (Lipinski definition) is 2. The number of likely N-dealkylation sites (N-methyl/N-ethyl adjacent to an activating group) is 1. The number of amides is 1. The first kappa shape index (κ1) is 16.1. The van der Waals surface area contributed by atoms with Crippen LogP contribution in [0.25, 0.3) is 0 Å². The number of nitrogens with two attached hydrogens (primary N) is 1. The Hall–Kier alpha value is -1.99. The fraction of sp³-hybridized carbons (Fsp3) is 0.462. The molecule has 1 amide bonds. The van der Waals surface area contributed by atoms with Crippen LogP contribution >= 0.6 is 0 Å². The molecule has 0 fully saturated rings. The standard InChI is InChI=1S/C13H19N3O4/c1-13(2,8-17)15(3)7-10-5-4-9(12(14)18)6-11(10)16(19)20/h4-6,17H,7-8H2,1-3H3,(H2,14,18). The van der Waals surface area contributed by atoms with Crippen molar-refractivity contribution in [3.8, 4) is 0 Å². The molecule has 0 bridgehead atoms. The fourth-order valence-electron chi connectivity index (χ4n) is 1.61. The molecule has 0 saturated heterocycles. The molecule has 20 heavy (non-hydrogen) atoms. The Morgan fingerprint density at radius 1 is 1.50 bits per heavy atom. The molecule has 0 heterocycles. The number of hydrogen-bond acceptors (Lipinski definition) is 5. The molecule has 1 aromatic carbocycles. The summed E-state index contributed by atoms with van der Waals surface area (Å²) in [6.07, 6.45) is 0. The minimum atomic E-state index is -0.705. The van der Waals surface area contributed by atoms with Crippen molar-refractivity contribution in [2.24, 2.45) is 5.73 Å². The largest absolute Gasteiger partial charge is 0.394 e. The van der Waals surface area contributed by atoms with Gasteiger partial charge in [0.1, 0.15) is 0 Å². The molecule has 7 nitrogen and oxygen atoms in total. The van der Waals surface area contributed by atoms with E-state index < -0.39 is 16.4 Å². The van der Waals surface area contributed by atoms with E-state index in [1.54, 1.807) is 11.9 Å². The van der Waals surface area contributed by atoms with Crippen molar-refractivity contribution in [3.63, 3.8) is 0 Å². The second-order valence-electron chi connectivity index (χ2n) is 5.29. The number of rotatable bonds is 6. The second-order valence-corrected chi connectivity index (χ2v) is 5.29. The van der Waals surface area contributed by atoms with Gasteiger partial charge >= 0.3 is 0 Å². The van der Waals surface area contributed by atoms with Crippen LogP contribution in [0.4, 0.5) is 5.69 Å². The van der Waals surface area contributed by atoms with Gasteiger partial charge in [-0.15, -0.1) is 0 Å². The topological polar surface area (TPSA) is 110 Å².